The zero-order chi connectivity index (χ0) is 14.5. The van der Waals surface area contributed by atoms with Gasteiger partial charge in [0.25, 0.3) is 5.91 Å². The Balaban J connectivity index is 1.91. The third-order valence-electron chi connectivity index (χ3n) is 3.59. The van der Waals surface area contributed by atoms with E-state index in [0.29, 0.717) is 6.54 Å². The molecule has 0 atom stereocenters. The van der Waals surface area contributed by atoms with E-state index < -0.39 is 0 Å². The van der Waals surface area contributed by atoms with Crippen molar-refractivity contribution in [1.82, 2.24) is 10.2 Å². The van der Waals surface area contributed by atoms with Crippen molar-refractivity contribution in [2.45, 2.75) is 18.9 Å². The Bertz CT molecular complexity index is 471. The zero-order valence-electron chi connectivity index (χ0n) is 11.4. The van der Waals surface area contributed by atoms with Crippen molar-refractivity contribution < 1.29 is 15.0 Å². The number of likely N-dealkylation sites (tertiary alicyclic amines) is 1. The number of nitrogens with zero attached hydrogens (tertiary/aromatic N) is 1. The van der Waals surface area contributed by atoms with Crippen molar-refractivity contribution in [3.8, 4) is 11.5 Å². The predicted octanol–water partition coefficient (Wildman–Crippen LogP) is 0.251. The van der Waals surface area contributed by atoms with E-state index in [1.807, 2.05) is 0 Å². The quantitative estimate of drug-likeness (QED) is 0.592. The first-order valence-corrected chi connectivity index (χ1v) is 6.85. The van der Waals surface area contributed by atoms with Crippen LogP contribution in [0.4, 0.5) is 0 Å². The van der Waals surface area contributed by atoms with Gasteiger partial charge in [0.1, 0.15) is 11.5 Å². The van der Waals surface area contributed by atoms with Gasteiger partial charge in [-0.25, -0.2) is 0 Å². The van der Waals surface area contributed by atoms with E-state index in [2.05, 4.69) is 10.2 Å². The number of benzene rings is 1. The van der Waals surface area contributed by atoms with Crippen LogP contribution in [0.1, 0.15) is 23.2 Å². The number of piperidine rings is 1. The molecule has 2 rings (SSSR count). The summed E-state index contributed by atoms with van der Waals surface area (Å²) in [7, 11) is 0. The van der Waals surface area contributed by atoms with Crippen LogP contribution in [0.3, 0.4) is 0 Å². The summed E-state index contributed by atoms with van der Waals surface area (Å²) in [5, 5.41) is 21.9. The fraction of sp³-hybridized carbons (Fsp3) is 0.500. The standard InChI is InChI=1S/C14H21N3O3/c15-5-8-17-6-3-10(4-7-17)16-14(20)12-9-11(18)1-2-13(12)19/h1-2,9-10,18-19H,3-8,15H2,(H,16,20). The van der Waals surface area contributed by atoms with Crippen molar-refractivity contribution in [1.29, 1.82) is 0 Å². The first kappa shape index (κ1) is 14.6. The molecule has 0 aromatic heterocycles. The second kappa shape index (κ2) is 6.58. The van der Waals surface area contributed by atoms with Gasteiger partial charge in [-0.15, -0.1) is 0 Å². The third-order valence-corrected chi connectivity index (χ3v) is 3.59. The van der Waals surface area contributed by atoms with E-state index in [0.717, 1.165) is 32.5 Å². The maximum Gasteiger partial charge on any atom is 0.255 e. The molecule has 6 nitrogen and oxygen atoms in total. The summed E-state index contributed by atoms with van der Waals surface area (Å²) < 4.78 is 0. The van der Waals surface area contributed by atoms with Crippen molar-refractivity contribution in [2.24, 2.45) is 5.73 Å². The highest BCUT2D eigenvalue weighted by molar-refractivity contribution is 5.97. The summed E-state index contributed by atoms with van der Waals surface area (Å²) in [5.74, 6) is -0.512. The SMILES string of the molecule is NCCN1CCC(NC(=O)c2cc(O)ccc2O)CC1. The highest BCUT2D eigenvalue weighted by Gasteiger charge is 2.21. The summed E-state index contributed by atoms with van der Waals surface area (Å²) in [6, 6.07) is 4.03. The molecule has 20 heavy (non-hydrogen) atoms. The highest BCUT2D eigenvalue weighted by Crippen LogP contribution is 2.22. The molecular formula is C14H21N3O3. The summed E-state index contributed by atoms with van der Waals surface area (Å²) in [6.07, 6.45) is 1.73. The molecule has 1 heterocycles. The molecule has 1 fully saturated rings. The molecule has 0 bridgehead atoms. The molecule has 0 aliphatic carbocycles. The Morgan fingerprint density at radius 2 is 2.05 bits per heavy atom. The van der Waals surface area contributed by atoms with Crippen molar-refractivity contribution in [3.63, 3.8) is 0 Å². The van der Waals surface area contributed by atoms with Gasteiger partial charge in [-0.1, -0.05) is 0 Å². The van der Waals surface area contributed by atoms with Crippen LogP contribution in [-0.2, 0) is 0 Å². The fourth-order valence-electron chi connectivity index (χ4n) is 2.45. The maximum absolute atomic E-state index is 12.1. The molecule has 1 aliphatic rings. The molecule has 0 spiro atoms. The number of rotatable bonds is 4. The summed E-state index contributed by atoms with van der Waals surface area (Å²) in [6.45, 7) is 3.35. The number of carbonyl (C=O) groups is 1. The summed E-state index contributed by atoms with van der Waals surface area (Å²) in [5.41, 5.74) is 5.62. The largest absolute Gasteiger partial charge is 0.508 e. The smallest absolute Gasteiger partial charge is 0.255 e. The number of aromatic hydroxyl groups is 2. The van der Waals surface area contributed by atoms with Gasteiger partial charge in [-0.05, 0) is 31.0 Å². The van der Waals surface area contributed by atoms with Gasteiger partial charge in [-0.2, -0.15) is 0 Å². The minimum Gasteiger partial charge on any atom is -0.508 e. The Kier molecular flexibility index (Phi) is 4.81. The molecule has 0 saturated carbocycles. The fourth-order valence-corrected chi connectivity index (χ4v) is 2.45. The zero-order valence-corrected chi connectivity index (χ0v) is 11.4. The third kappa shape index (κ3) is 3.61. The predicted molar refractivity (Wildman–Crippen MR) is 75.8 cm³/mol. The van der Waals surface area contributed by atoms with Gasteiger partial charge in [0.05, 0.1) is 5.56 Å². The lowest BCUT2D eigenvalue weighted by atomic mass is 10.0. The minimum absolute atomic E-state index is 0.0364. The monoisotopic (exact) mass is 279 g/mol. The lowest BCUT2D eigenvalue weighted by Gasteiger charge is -2.32. The van der Waals surface area contributed by atoms with Crippen LogP contribution in [-0.4, -0.2) is 53.2 Å². The Labute approximate surface area is 118 Å². The molecule has 1 aromatic carbocycles. The van der Waals surface area contributed by atoms with E-state index in [4.69, 9.17) is 5.73 Å². The summed E-state index contributed by atoms with van der Waals surface area (Å²) >= 11 is 0. The van der Waals surface area contributed by atoms with Crippen molar-refractivity contribution >= 4 is 5.91 Å². The molecule has 5 N–H and O–H groups in total. The van der Waals surface area contributed by atoms with Gasteiger partial charge in [0, 0.05) is 32.2 Å². The van der Waals surface area contributed by atoms with E-state index in [9.17, 15) is 15.0 Å². The van der Waals surface area contributed by atoms with E-state index in [-0.39, 0.29) is 29.0 Å². The molecule has 0 unspecified atom stereocenters. The van der Waals surface area contributed by atoms with Crippen LogP contribution in [0.2, 0.25) is 0 Å². The van der Waals surface area contributed by atoms with Crippen LogP contribution in [0.25, 0.3) is 0 Å². The van der Waals surface area contributed by atoms with Gasteiger partial charge in [0.15, 0.2) is 0 Å². The molecule has 6 heteroatoms. The van der Waals surface area contributed by atoms with Crippen LogP contribution in [0.15, 0.2) is 18.2 Å². The minimum atomic E-state index is -0.351. The topological polar surface area (TPSA) is 98.8 Å². The van der Waals surface area contributed by atoms with Gasteiger partial charge in [0.2, 0.25) is 0 Å². The Morgan fingerprint density at radius 3 is 2.70 bits per heavy atom. The molecule has 1 amide bonds. The van der Waals surface area contributed by atoms with Gasteiger partial charge in [-0.3, -0.25) is 4.79 Å². The highest BCUT2D eigenvalue weighted by atomic mass is 16.3. The van der Waals surface area contributed by atoms with Crippen LogP contribution >= 0.6 is 0 Å². The number of phenols is 2. The summed E-state index contributed by atoms with van der Waals surface area (Å²) in [4.78, 5) is 14.3. The second-order valence-electron chi connectivity index (χ2n) is 5.08. The molecule has 1 saturated heterocycles. The number of hydrogen-bond acceptors (Lipinski definition) is 5. The van der Waals surface area contributed by atoms with Crippen LogP contribution in [0.5, 0.6) is 11.5 Å². The lowest BCUT2D eigenvalue weighted by molar-refractivity contribution is 0.0909. The number of nitrogens with one attached hydrogen (secondary N) is 1. The van der Waals surface area contributed by atoms with Gasteiger partial charge < -0.3 is 26.2 Å². The van der Waals surface area contributed by atoms with Gasteiger partial charge >= 0.3 is 0 Å². The number of nitrogens with two attached hydrogens (primary N) is 1. The number of carbonyl (C=O) groups excluding carboxylic acids is 1. The lowest BCUT2D eigenvalue weighted by Crippen LogP contribution is -2.45. The van der Waals surface area contributed by atoms with Crippen molar-refractivity contribution in [3.05, 3.63) is 23.8 Å². The normalized spacial score (nSPS) is 17.1. The van der Waals surface area contributed by atoms with Crippen molar-refractivity contribution in [2.75, 3.05) is 26.2 Å². The molecule has 1 aliphatic heterocycles. The first-order chi connectivity index (χ1) is 9.60. The molecular weight excluding hydrogens is 258 g/mol. The number of amides is 1. The molecule has 0 radical (unpaired) electrons. The second-order valence-corrected chi connectivity index (χ2v) is 5.08. The maximum atomic E-state index is 12.1. The van der Waals surface area contributed by atoms with Crippen LogP contribution in [0, 0.1) is 0 Å². The number of phenolic OH excluding ortho intramolecular Hbond substituents is 2. The van der Waals surface area contributed by atoms with E-state index in [1.54, 1.807) is 0 Å². The van der Waals surface area contributed by atoms with E-state index >= 15 is 0 Å². The van der Waals surface area contributed by atoms with E-state index in [1.165, 1.54) is 18.2 Å². The Hall–Kier alpha value is -1.79. The van der Waals surface area contributed by atoms with Crippen LogP contribution < -0.4 is 11.1 Å². The average molecular weight is 279 g/mol. The first-order valence-electron chi connectivity index (χ1n) is 6.85. The molecule has 110 valence electrons. The average Bonchev–Trinajstić information content (AvgIpc) is 2.44. The molecule has 1 aromatic rings. The Morgan fingerprint density at radius 1 is 1.35 bits per heavy atom. The number of hydrogen-bond donors (Lipinski definition) is 4.